The van der Waals surface area contributed by atoms with Gasteiger partial charge in [-0.15, -0.1) is 24.0 Å². The number of guanidine groups is 1. The third-order valence-electron chi connectivity index (χ3n) is 3.80. The fraction of sp³-hybridized carbons (Fsp3) is 0.556. The summed E-state index contributed by atoms with van der Waals surface area (Å²) in [5.74, 6) is 1.00. The van der Waals surface area contributed by atoms with E-state index in [0.717, 1.165) is 43.3 Å². The maximum atomic E-state index is 11.7. The van der Waals surface area contributed by atoms with Crippen molar-refractivity contribution in [2.24, 2.45) is 4.99 Å². The minimum atomic E-state index is 0. The van der Waals surface area contributed by atoms with Crippen molar-refractivity contribution in [3.63, 3.8) is 0 Å². The number of carbonyl (C=O) groups excluding carboxylic acids is 1. The Morgan fingerprint density at radius 1 is 1.32 bits per heavy atom. The minimum absolute atomic E-state index is 0. The van der Waals surface area contributed by atoms with Gasteiger partial charge in [0.1, 0.15) is 0 Å². The van der Waals surface area contributed by atoms with Gasteiger partial charge in [-0.3, -0.25) is 9.79 Å². The van der Waals surface area contributed by atoms with Crippen LogP contribution in [0.2, 0.25) is 5.02 Å². The molecule has 0 spiro atoms. The van der Waals surface area contributed by atoms with E-state index in [0.29, 0.717) is 19.0 Å². The molecule has 5 nitrogen and oxygen atoms in total. The molecule has 1 aromatic carbocycles. The quantitative estimate of drug-likeness (QED) is 0.261. The van der Waals surface area contributed by atoms with Gasteiger partial charge in [0.15, 0.2) is 5.96 Å². The number of nitrogens with zero attached hydrogens (tertiary/aromatic N) is 2. The first-order valence-electron chi connectivity index (χ1n) is 8.61. The number of aliphatic imine (C=N–C) groups is 1. The largest absolute Gasteiger partial charge is 0.357 e. The normalized spacial score (nSPS) is 13.8. The Hall–Kier alpha value is -1.02. The molecule has 140 valence electrons. The van der Waals surface area contributed by atoms with Crippen molar-refractivity contribution in [2.45, 2.75) is 45.2 Å². The van der Waals surface area contributed by atoms with E-state index in [9.17, 15) is 4.79 Å². The van der Waals surface area contributed by atoms with Gasteiger partial charge in [-0.25, -0.2) is 0 Å². The number of hydrogen-bond acceptors (Lipinski definition) is 2. The fourth-order valence-electron chi connectivity index (χ4n) is 2.36. The predicted molar refractivity (Wildman–Crippen MR) is 115 cm³/mol. The Morgan fingerprint density at radius 2 is 2.00 bits per heavy atom. The van der Waals surface area contributed by atoms with Gasteiger partial charge in [-0.1, -0.05) is 23.7 Å². The van der Waals surface area contributed by atoms with Crippen molar-refractivity contribution < 1.29 is 4.79 Å². The highest BCUT2D eigenvalue weighted by atomic mass is 127. The number of rotatable bonds is 8. The maximum absolute atomic E-state index is 11.7. The molecular formula is C18H28ClIN4O. The molecule has 1 aliphatic rings. The molecule has 0 radical (unpaired) electrons. The van der Waals surface area contributed by atoms with Crippen molar-refractivity contribution in [2.75, 3.05) is 20.1 Å². The number of amides is 1. The second-order valence-corrected chi connectivity index (χ2v) is 6.60. The van der Waals surface area contributed by atoms with Crippen LogP contribution in [0.1, 0.15) is 38.2 Å². The van der Waals surface area contributed by atoms with Gasteiger partial charge >= 0.3 is 0 Å². The minimum Gasteiger partial charge on any atom is -0.357 e. The predicted octanol–water partition coefficient (Wildman–Crippen LogP) is 3.41. The molecule has 0 aromatic heterocycles. The van der Waals surface area contributed by atoms with Gasteiger partial charge in [-0.2, -0.15) is 0 Å². The van der Waals surface area contributed by atoms with Crippen LogP contribution < -0.4 is 10.6 Å². The van der Waals surface area contributed by atoms with Gasteiger partial charge in [0.25, 0.3) is 0 Å². The zero-order chi connectivity index (χ0) is 17.4. The van der Waals surface area contributed by atoms with Crippen LogP contribution in [-0.2, 0) is 11.3 Å². The van der Waals surface area contributed by atoms with Gasteiger partial charge in [0.05, 0.1) is 0 Å². The van der Waals surface area contributed by atoms with Gasteiger partial charge in [0.2, 0.25) is 5.91 Å². The maximum Gasteiger partial charge on any atom is 0.220 e. The number of hydrogen-bond donors (Lipinski definition) is 2. The zero-order valence-electron chi connectivity index (χ0n) is 14.9. The second kappa shape index (κ2) is 11.6. The van der Waals surface area contributed by atoms with E-state index in [1.807, 2.05) is 31.3 Å². The first-order chi connectivity index (χ1) is 11.6. The van der Waals surface area contributed by atoms with Crippen LogP contribution >= 0.6 is 35.6 Å². The zero-order valence-corrected chi connectivity index (χ0v) is 18.0. The smallest absolute Gasteiger partial charge is 0.220 e. The van der Waals surface area contributed by atoms with Gasteiger partial charge < -0.3 is 15.5 Å². The molecule has 0 atom stereocenters. The van der Waals surface area contributed by atoms with Gasteiger partial charge in [0, 0.05) is 44.2 Å². The van der Waals surface area contributed by atoms with Crippen LogP contribution in [0.4, 0.5) is 0 Å². The molecule has 0 bridgehead atoms. The third-order valence-corrected chi connectivity index (χ3v) is 4.05. The molecule has 1 fully saturated rings. The van der Waals surface area contributed by atoms with Crippen LogP contribution in [-0.4, -0.2) is 42.9 Å². The molecule has 1 aliphatic carbocycles. The summed E-state index contributed by atoms with van der Waals surface area (Å²) in [6, 6.07) is 8.26. The van der Waals surface area contributed by atoms with E-state index in [2.05, 4.69) is 27.4 Å². The molecule has 1 amide bonds. The standard InChI is InChI=1S/C18H27ClN4O.HI/c1-3-20-18(21-12-4-5-17(24)22-16-10-11-16)23(2)13-14-6-8-15(19)9-7-14;/h6-9,16H,3-5,10-13H2,1-2H3,(H,20,21)(H,22,24);1H. The summed E-state index contributed by atoms with van der Waals surface area (Å²) in [5.41, 5.74) is 1.18. The van der Waals surface area contributed by atoms with Crippen molar-refractivity contribution in [1.82, 2.24) is 15.5 Å². The van der Waals surface area contributed by atoms with E-state index in [-0.39, 0.29) is 29.9 Å². The van der Waals surface area contributed by atoms with Crippen molar-refractivity contribution in [1.29, 1.82) is 0 Å². The monoisotopic (exact) mass is 478 g/mol. The SMILES string of the molecule is CCNC(=NCCCC(=O)NC1CC1)N(C)Cc1ccc(Cl)cc1.I. The Balaban J connectivity index is 0.00000312. The first-order valence-corrected chi connectivity index (χ1v) is 8.99. The number of nitrogens with one attached hydrogen (secondary N) is 2. The van der Waals surface area contributed by atoms with Crippen LogP contribution in [0, 0.1) is 0 Å². The second-order valence-electron chi connectivity index (χ2n) is 6.16. The summed E-state index contributed by atoms with van der Waals surface area (Å²) in [6.07, 6.45) is 3.57. The number of halogens is 2. The molecule has 0 saturated heterocycles. The lowest BCUT2D eigenvalue weighted by Crippen LogP contribution is -2.38. The molecule has 2 N–H and O–H groups in total. The van der Waals surface area contributed by atoms with Crippen molar-refractivity contribution >= 4 is 47.4 Å². The molecule has 0 heterocycles. The van der Waals surface area contributed by atoms with Crippen LogP contribution in [0.15, 0.2) is 29.3 Å². The highest BCUT2D eigenvalue weighted by molar-refractivity contribution is 14.0. The average Bonchev–Trinajstić information content (AvgIpc) is 3.36. The van der Waals surface area contributed by atoms with Crippen LogP contribution in [0.5, 0.6) is 0 Å². The van der Waals surface area contributed by atoms with Crippen LogP contribution in [0.3, 0.4) is 0 Å². The highest BCUT2D eigenvalue weighted by Gasteiger charge is 2.22. The molecule has 2 rings (SSSR count). The molecular weight excluding hydrogens is 451 g/mol. The lowest BCUT2D eigenvalue weighted by atomic mass is 10.2. The summed E-state index contributed by atoms with van der Waals surface area (Å²) in [6.45, 7) is 4.26. The lowest BCUT2D eigenvalue weighted by molar-refractivity contribution is -0.121. The van der Waals surface area contributed by atoms with E-state index in [1.54, 1.807) is 0 Å². The number of benzene rings is 1. The van der Waals surface area contributed by atoms with Crippen molar-refractivity contribution in [3.8, 4) is 0 Å². The van der Waals surface area contributed by atoms with Crippen LogP contribution in [0.25, 0.3) is 0 Å². The molecule has 25 heavy (non-hydrogen) atoms. The topological polar surface area (TPSA) is 56.7 Å². The lowest BCUT2D eigenvalue weighted by Gasteiger charge is -2.22. The Morgan fingerprint density at radius 3 is 2.60 bits per heavy atom. The van der Waals surface area contributed by atoms with E-state index < -0.39 is 0 Å². The van der Waals surface area contributed by atoms with E-state index in [1.165, 1.54) is 5.56 Å². The molecule has 7 heteroatoms. The molecule has 0 aliphatic heterocycles. The summed E-state index contributed by atoms with van der Waals surface area (Å²) >= 11 is 5.92. The van der Waals surface area contributed by atoms with E-state index in [4.69, 9.17) is 11.6 Å². The summed E-state index contributed by atoms with van der Waals surface area (Å²) < 4.78 is 0. The third kappa shape index (κ3) is 8.76. The van der Waals surface area contributed by atoms with E-state index >= 15 is 0 Å². The molecule has 1 aromatic rings. The Labute approximate surface area is 172 Å². The summed E-state index contributed by atoms with van der Waals surface area (Å²) in [4.78, 5) is 18.4. The summed E-state index contributed by atoms with van der Waals surface area (Å²) in [7, 11) is 2.01. The average molecular weight is 479 g/mol. The molecule has 1 saturated carbocycles. The van der Waals surface area contributed by atoms with Gasteiger partial charge in [-0.05, 0) is 43.9 Å². The highest BCUT2D eigenvalue weighted by Crippen LogP contribution is 2.18. The number of carbonyl (C=O) groups is 1. The molecule has 0 unspecified atom stereocenters. The first kappa shape index (κ1) is 22.0. The Bertz CT molecular complexity index is 561. The van der Waals surface area contributed by atoms with Crippen molar-refractivity contribution in [3.05, 3.63) is 34.9 Å². The summed E-state index contributed by atoms with van der Waals surface area (Å²) in [5, 5.41) is 7.04. The Kier molecular flexibility index (Phi) is 10.2. The fourth-order valence-corrected chi connectivity index (χ4v) is 2.49.